The summed E-state index contributed by atoms with van der Waals surface area (Å²) < 4.78 is 0. The molecule has 0 aliphatic rings. The minimum Gasteiger partial charge on any atom is -0.338 e. The van der Waals surface area contributed by atoms with Gasteiger partial charge in [0.1, 0.15) is 0 Å². The van der Waals surface area contributed by atoms with Crippen molar-refractivity contribution < 1.29 is 4.79 Å². The van der Waals surface area contributed by atoms with Crippen LogP contribution in [0.5, 0.6) is 0 Å². The fourth-order valence-electron chi connectivity index (χ4n) is 1.89. The molecule has 5 heteroatoms. The Morgan fingerprint density at radius 1 is 1.00 bits per heavy atom. The molecule has 2 aromatic carbocycles. The molecule has 2 aromatic rings. The van der Waals surface area contributed by atoms with Gasteiger partial charge in [0.2, 0.25) is 0 Å². The summed E-state index contributed by atoms with van der Waals surface area (Å²) in [5.41, 5.74) is 1.98. The summed E-state index contributed by atoms with van der Waals surface area (Å²) in [6, 6.07) is 14.8. The van der Waals surface area contributed by atoms with Gasteiger partial charge in [0.15, 0.2) is 0 Å². The molecule has 0 radical (unpaired) electrons. The Kier molecular flexibility index (Phi) is 5.90. The highest BCUT2D eigenvalue weighted by Crippen LogP contribution is 2.14. The fraction of sp³-hybridized carbons (Fsp3) is 0.188. The average Bonchev–Trinajstić information content (AvgIpc) is 2.46. The summed E-state index contributed by atoms with van der Waals surface area (Å²) in [6.45, 7) is 0.956. The molecule has 0 aliphatic heterocycles. The quantitative estimate of drug-likeness (QED) is 0.857. The van der Waals surface area contributed by atoms with E-state index >= 15 is 0 Å². The Morgan fingerprint density at radius 2 is 1.81 bits per heavy atom. The molecule has 110 valence electrons. The first-order valence-electron chi connectivity index (χ1n) is 6.65. The first kappa shape index (κ1) is 15.7. The molecule has 0 unspecified atom stereocenters. The summed E-state index contributed by atoms with van der Waals surface area (Å²) in [5.74, 6) is 0. The first-order valence-corrected chi connectivity index (χ1v) is 7.40. The van der Waals surface area contributed by atoms with Crippen LogP contribution in [0.15, 0.2) is 48.5 Å². The summed E-state index contributed by atoms with van der Waals surface area (Å²) in [4.78, 5) is 11.7. The van der Waals surface area contributed by atoms with Gasteiger partial charge >= 0.3 is 6.03 Å². The van der Waals surface area contributed by atoms with E-state index in [4.69, 9.17) is 23.2 Å². The number of benzene rings is 2. The third kappa shape index (κ3) is 5.29. The Bertz CT molecular complexity index is 617. The van der Waals surface area contributed by atoms with Crippen LogP contribution < -0.4 is 10.6 Å². The van der Waals surface area contributed by atoms with Crippen LogP contribution >= 0.6 is 23.2 Å². The largest absolute Gasteiger partial charge is 0.338 e. The first-order chi connectivity index (χ1) is 10.1. The number of urea groups is 1. The second kappa shape index (κ2) is 7.91. The third-order valence-electron chi connectivity index (χ3n) is 2.99. The van der Waals surface area contributed by atoms with E-state index in [9.17, 15) is 4.79 Å². The lowest BCUT2D eigenvalue weighted by molar-refractivity contribution is 0.240. The van der Waals surface area contributed by atoms with E-state index < -0.39 is 0 Å². The Hall–Kier alpha value is -1.71. The van der Waals surface area contributed by atoms with Crippen LogP contribution in [0, 0.1) is 0 Å². The number of halogens is 2. The standard InChI is InChI=1S/C16H16Cl2N2O/c17-14-6-3-4-12(10-14)8-9-19-16(21)20-11-13-5-1-2-7-15(13)18/h1-7,10H,8-9,11H2,(H2,19,20,21). The number of hydrogen-bond donors (Lipinski definition) is 2. The van der Waals surface area contributed by atoms with Gasteiger partial charge in [-0.3, -0.25) is 0 Å². The highest BCUT2D eigenvalue weighted by molar-refractivity contribution is 6.31. The van der Waals surface area contributed by atoms with Crippen molar-refractivity contribution in [3.8, 4) is 0 Å². The molecule has 0 aromatic heterocycles. The van der Waals surface area contributed by atoms with Crippen LogP contribution in [-0.2, 0) is 13.0 Å². The zero-order chi connectivity index (χ0) is 15.1. The number of carbonyl (C=O) groups excluding carboxylic acids is 1. The fourth-order valence-corrected chi connectivity index (χ4v) is 2.31. The van der Waals surface area contributed by atoms with Crippen LogP contribution in [0.25, 0.3) is 0 Å². The van der Waals surface area contributed by atoms with Gasteiger partial charge in [-0.1, -0.05) is 53.5 Å². The third-order valence-corrected chi connectivity index (χ3v) is 3.59. The van der Waals surface area contributed by atoms with E-state index in [0.717, 1.165) is 17.5 Å². The smallest absolute Gasteiger partial charge is 0.315 e. The molecule has 2 N–H and O–H groups in total. The number of hydrogen-bond acceptors (Lipinski definition) is 1. The van der Waals surface area contributed by atoms with Gasteiger partial charge in [-0.15, -0.1) is 0 Å². The Balaban J connectivity index is 1.72. The summed E-state index contributed by atoms with van der Waals surface area (Å²) >= 11 is 11.9. The van der Waals surface area contributed by atoms with Crippen LogP contribution in [0.1, 0.15) is 11.1 Å². The molecule has 0 heterocycles. The molecule has 0 spiro atoms. The lowest BCUT2D eigenvalue weighted by atomic mass is 10.1. The van der Waals surface area contributed by atoms with Crippen molar-refractivity contribution in [1.82, 2.24) is 10.6 Å². The van der Waals surface area contributed by atoms with Crippen molar-refractivity contribution in [3.63, 3.8) is 0 Å². The number of carbonyl (C=O) groups is 1. The number of amides is 2. The normalized spacial score (nSPS) is 10.2. The highest BCUT2D eigenvalue weighted by Gasteiger charge is 2.03. The number of nitrogens with one attached hydrogen (secondary N) is 2. The Labute approximate surface area is 134 Å². The lowest BCUT2D eigenvalue weighted by Gasteiger charge is -2.09. The van der Waals surface area contributed by atoms with E-state index in [2.05, 4.69) is 10.6 Å². The van der Waals surface area contributed by atoms with Gasteiger partial charge in [-0.05, 0) is 35.7 Å². The van der Waals surface area contributed by atoms with Crippen molar-refractivity contribution >= 4 is 29.2 Å². The van der Waals surface area contributed by atoms with Crippen LogP contribution in [0.4, 0.5) is 4.79 Å². The second-order valence-corrected chi connectivity index (χ2v) is 5.42. The molecule has 0 bridgehead atoms. The summed E-state index contributed by atoms with van der Waals surface area (Å²) in [7, 11) is 0. The average molecular weight is 323 g/mol. The number of rotatable bonds is 5. The van der Waals surface area contributed by atoms with E-state index in [-0.39, 0.29) is 6.03 Å². The maximum absolute atomic E-state index is 11.7. The van der Waals surface area contributed by atoms with Crippen molar-refractivity contribution in [3.05, 3.63) is 69.7 Å². The molecule has 0 aliphatic carbocycles. The zero-order valence-electron chi connectivity index (χ0n) is 11.4. The van der Waals surface area contributed by atoms with Gasteiger partial charge in [-0.2, -0.15) is 0 Å². The SMILES string of the molecule is O=C(NCCc1cccc(Cl)c1)NCc1ccccc1Cl. The maximum atomic E-state index is 11.7. The van der Waals surface area contributed by atoms with Gasteiger partial charge < -0.3 is 10.6 Å². The van der Waals surface area contributed by atoms with E-state index in [1.807, 2.05) is 42.5 Å². The monoisotopic (exact) mass is 322 g/mol. The molecule has 21 heavy (non-hydrogen) atoms. The molecular formula is C16H16Cl2N2O. The predicted octanol–water partition coefficient (Wildman–Crippen LogP) is 4.04. The molecular weight excluding hydrogens is 307 g/mol. The van der Waals surface area contributed by atoms with Crippen LogP contribution in [0.2, 0.25) is 10.0 Å². The molecule has 0 fully saturated rings. The Morgan fingerprint density at radius 3 is 2.57 bits per heavy atom. The topological polar surface area (TPSA) is 41.1 Å². The molecule has 2 rings (SSSR count). The van der Waals surface area contributed by atoms with Crippen molar-refractivity contribution in [2.24, 2.45) is 0 Å². The molecule has 0 saturated carbocycles. The van der Waals surface area contributed by atoms with Crippen molar-refractivity contribution in [1.29, 1.82) is 0 Å². The van der Waals surface area contributed by atoms with Crippen LogP contribution in [0.3, 0.4) is 0 Å². The lowest BCUT2D eigenvalue weighted by Crippen LogP contribution is -2.36. The molecule has 0 atom stereocenters. The molecule has 0 saturated heterocycles. The summed E-state index contributed by atoms with van der Waals surface area (Å²) in [6.07, 6.45) is 0.736. The minimum atomic E-state index is -0.211. The van der Waals surface area contributed by atoms with Gasteiger partial charge in [-0.25, -0.2) is 4.79 Å². The predicted molar refractivity (Wildman–Crippen MR) is 86.8 cm³/mol. The highest BCUT2D eigenvalue weighted by atomic mass is 35.5. The van der Waals surface area contributed by atoms with Gasteiger partial charge in [0.05, 0.1) is 0 Å². The van der Waals surface area contributed by atoms with E-state index in [1.54, 1.807) is 6.07 Å². The van der Waals surface area contributed by atoms with Gasteiger partial charge in [0, 0.05) is 23.1 Å². The van der Waals surface area contributed by atoms with E-state index in [0.29, 0.717) is 23.1 Å². The van der Waals surface area contributed by atoms with Gasteiger partial charge in [0.25, 0.3) is 0 Å². The maximum Gasteiger partial charge on any atom is 0.315 e. The summed E-state index contributed by atoms with van der Waals surface area (Å²) in [5, 5.41) is 6.94. The van der Waals surface area contributed by atoms with Crippen LogP contribution in [-0.4, -0.2) is 12.6 Å². The van der Waals surface area contributed by atoms with E-state index in [1.165, 1.54) is 0 Å². The second-order valence-electron chi connectivity index (χ2n) is 4.58. The minimum absolute atomic E-state index is 0.211. The zero-order valence-corrected chi connectivity index (χ0v) is 12.9. The molecule has 2 amide bonds. The van der Waals surface area contributed by atoms with Crippen molar-refractivity contribution in [2.75, 3.05) is 6.54 Å². The molecule has 3 nitrogen and oxygen atoms in total. The van der Waals surface area contributed by atoms with Crippen molar-refractivity contribution in [2.45, 2.75) is 13.0 Å².